The molecule has 0 radical (unpaired) electrons. The molecule has 1 rings (SSSR count). The molecule has 0 aromatic heterocycles. The van der Waals surface area contributed by atoms with E-state index < -0.39 is 48.5 Å². The largest absolute Gasteiger partial charge is 0.508 e. The van der Waals surface area contributed by atoms with Crippen LogP contribution in [0, 0.1) is 0 Å². The van der Waals surface area contributed by atoms with E-state index in [-0.39, 0.29) is 12.2 Å². The van der Waals surface area contributed by atoms with Crippen molar-refractivity contribution >= 4 is 23.8 Å². The Morgan fingerprint density at radius 2 is 1.50 bits per heavy atom. The van der Waals surface area contributed by atoms with Gasteiger partial charge < -0.3 is 42.5 Å². The van der Waals surface area contributed by atoms with Crippen molar-refractivity contribution in [2.24, 2.45) is 11.5 Å². The predicted octanol–water partition coefficient (Wildman–Crippen LogP) is -1.47. The van der Waals surface area contributed by atoms with E-state index in [2.05, 4.69) is 10.6 Å². The van der Waals surface area contributed by atoms with Crippen molar-refractivity contribution in [3.05, 3.63) is 29.8 Å². The highest BCUT2D eigenvalue weighted by molar-refractivity contribution is 5.92. The van der Waals surface area contributed by atoms with Gasteiger partial charge in [-0.2, -0.15) is 0 Å². The average Bonchev–Trinajstić information content (AvgIpc) is 2.72. The minimum Gasteiger partial charge on any atom is -0.508 e. The van der Waals surface area contributed by atoms with Crippen LogP contribution >= 0.6 is 0 Å². The van der Waals surface area contributed by atoms with Gasteiger partial charge in [0.15, 0.2) is 0 Å². The van der Waals surface area contributed by atoms with Crippen LogP contribution in [0.15, 0.2) is 24.3 Å². The molecule has 3 atom stereocenters. The maximum Gasteiger partial charge on any atom is 0.328 e. The monoisotopic (exact) mass is 456 g/mol. The summed E-state index contributed by atoms with van der Waals surface area (Å²) in [7, 11) is 0. The van der Waals surface area contributed by atoms with Gasteiger partial charge in [0.1, 0.15) is 17.8 Å². The summed E-state index contributed by atoms with van der Waals surface area (Å²) in [6, 6.07) is 2.57. The summed E-state index contributed by atoms with van der Waals surface area (Å²) in [5, 5.41) is 39.6. The summed E-state index contributed by atoms with van der Waals surface area (Å²) in [5.41, 5.74) is 11.9. The first-order chi connectivity index (χ1) is 15.0. The van der Waals surface area contributed by atoms with Gasteiger partial charge in [-0.15, -0.1) is 0 Å². The first kappa shape index (κ1) is 28.8. The van der Waals surface area contributed by atoms with Gasteiger partial charge in [-0.25, -0.2) is 4.79 Å². The lowest BCUT2D eigenvalue weighted by atomic mass is 10.0. The molecule has 0 saturated carbocycles. The number of carboxylic acids is 2. The smallest absolute Gasteiger partial charge is 0.328 e. The number of carbonyl (C=O) groups excluding carboxylic acids is 2. The fourth-order valence-electron chi connectivity index (χ4n) is 2.45. The Labute approximate surface area is 185 Å². The number of phenolic OH excluding ortho intramolecular Hbond substituents is 1. The zero-order valence-electron chi connectivity index (χ0n) is 17.9. The number of carboxylic acid groups (broad SMARTS) is 2. The topological polar surface area (TPSA) is 225 Å². The number of amides is 2. The van der Waals surface area contributed by atoms with E-state index in [0.717, 1.165) is 13.3 Å². The number of rotatable bonds is 12. The molecule has 0 saturated heterocycles. The fraction of sp³-hybridized carbons (Fsp3) is 0.500. The zero-order valence-corrected chi connectivity index (χ0v) is 17.9. The van der Waals surface area contributed by atoms with Crippen LogP contribution in [0.4, 0.5) is 0 Å². The van der Waals surface area contributed by atoms with Crippen molar-refractivity contribution in [2.45, 2.75) is 50.7 Å². The summed E-state index contributed by atoms with van der Waals surface area (Å²) in [4.78, 5) is 44.9. The molecule has 180 valence electrons. The molecule has 0 aliphatic heterocycles. The highest BCUT2D eigenvalue weighted by Crippen LogP contribution is 2.12. The molecule has 0 bridgehead atoms. The van der Waals surface area contributed by atoms with Gasteiger partial charge in [-0.3, -0.25) is 14.4 Å². The van der Waals surface area contributed by atoms with Crippen LogP contribution in [0.25, 0.3) is 0 Å². The molecule has 0 fully saturated rings. The lowest BCUT2D eigenvalue weighted by Crippen LogP contribution is -2.55. The number of carbonyl (C=O) groups is 4. The van der Waals surface area contributed by atoms with Crippen LogP contribution in [0.5, 0.6) is 5.75 Å². The maximum absolute atomic E-state index is 12.5. The average molecular weight is 456 g/mol. The summed E-state index contributed by atoms with van der Waals surface area (Å²) < 4.78 is 0. The minimum absolute atomic E-state index is 0.0435. The molecule has 12 heteroatoms. The van der Waals surface area contributed by atoms with E-state index >= 15 is 0 Å². The van der Waals surface area contributed by atoms with Crippen LogP contribution in [-0.2, 0) is 25.6 Å². The second kappa shape index (κ2) is 15.6. The van der Waals surface area contributed by atoms with Crippen molar-refractivity contribution in [1.82, 2.24) is 10.6 Å². The fourth-order valence-corrected chi connectivity index (χ4v) is 2.45. The van der Waals surface area contributed by atoms with Gasteiger partial charge in [-0.1, -0.05) is 18.6 Å². The quantitative estimate of drug-likeness (QED) is 0.170. The Morgan fingerprint density at radius 1 is 0.969 bits per heavy atom. The van der Waals surface area contributed by atoms with Gasteiger partial charge in [0.25, 0.3) is 5.97 Å². The Bertz CT molecular complexity index is 738. The first-order valence-electron chi connectivity index (χ1n) is 9.89. The number of benzene rings is 1. The molecular formula is C20H32N4O8. The van der Waals surface area contributed by atoms with E-state index in [1.54, 1.807) is 12.1 Å². The molecule has 32 heavy (non-hydrogen) atoms. The minimum atomic E-state index is -1.50. The highest BCUT2D eigenvalue weighted by atomic mass is 16.4. The number of aromatic hydroxyl groups is 1. The third-order valence-electron chi connectivity index (χ3n) is 4.11. The standard InChI is InChI=1S/C18H28N4O6.C2H4O2/c19-8-2-1-3-13(20)16(25)21-14(9-11-4-6-12(24)7-5-11)17(26)22-15(10-23)18(27)28;1-2(3)4/h4-7,13-15,23-24H,1-3,8-10,19-20H2,(H,21,25)(H,22,26)(H,27,28);1H3,(H,3,4)/t13-,14-,15-;/m0./s1. The van der Waals surface area contributed by atoms with Gasteiger partial charge in [-0.05, 0) is 37.1 Å². The maximum atomic E-state index is 12.5. The van der Waals surface area contributed by atoms with Crippen molar-refractivity contribution < 1.29 is 39.6 Å². The van der Waals surface area contributed by atoms with E-state index in [1.807, 2.05) is 0 Å². The molecule has 0 aliphatic carbocycles. The number of nitrogens with two attached hydrogens (primary N) is 2. The van der Waals surface area contributed by atoms with Crippen LogP contribution in [0.1, 0.15) is 31.7 Å². The predicted molar refractivity (Wildman–Crippen MR) is 115 cm³/mol. The van der Waals surface area contributed by atoms with Crippen LogP contribution < -0.4 is 22.1 Å². The number of aliphatic hydroxyl groups is 1. The Balaban J connectivity index is 0.00000220. The van der Waals surface area contributed by atoms with Gasteiger partial charge in [0, 0.05) is 13.3 Å². The van der Waals surface area contributed by atoms with Gasteiger partial charge in [0.05, 0.1) is 12.6 Å². The van der Waals surface area contributed by atoms with Crippen molar-refractivity contribution in [1.29, 1.82) is 0 Å². The van der Waals surface area contributed by atoms with Crippen molar-refractivity contribution in [3.63, 3.8) is 0 Å². The summed E-state index contributed by atoms with van der Waals surface area (Å²) in [6.45, 7) is 0.775. The highest BCUT2D eigenvalue weighted by Gasteiger charge is 2.27. The molecular weight excluding hydrogens is 424 g/mol. The second-order valence-electron chi connectivity index (χ2n) is 6.92. The lowest BCUT2D eigenvalue weighted by Gasteiger charge is -2.22. The number of hydrogen-bond acceptors (Lipinski definition) is 8. The molecule has 2 amide bonds. The Hall–Kier alpha value is -3.22. The van der Waals surface area contributed by atoms with E-state index in [4.69, 9.17) is 31.6 Å². The summed E-state index contributed by atoms with van der Waals surface area (Å²) in [5.74, 6) is -3.50. The summed E-state index contributed by atoms with van der Waals surface area (Å²) >= 11 is 0. The first-order valence-corrected chi connectivity index (χ1v) is 9.89. The van der Waals surface area contributed by atoms with Gasteiger partial charge >= 0.3 is 5.97 Å². The summed E-state index contributed by atoms with van der Waals surface area (Å²) in [6.07, 6.45) is 1.82. The third kappa shape index (κ3) is 12.5. The third-order valence-corrected chi connectivity index (χ3v) is 4.11. The van der Waals surface area contributed by atoms with Gasteiger partial charge in [0.2, 0.25) is 11.8 Å². The van der Waals surface area contributed by atoms with E-state index in [1.165, 1.54) is 12.1 Å². The normalized spacial score (nSPS) is 13.0. The van der Waals surface area contributed by atoms with E-state index in [0.29, 0.717) is 24.9 Å². The number of aliphatic hydroxyl groups excluding tert-OH is 1. The molecule has 0 spiro atoms. The number of hydrogen-bond donors (Lipinski definition) is 8. The Morgan fingerprint density at radius 3 is 1.97 bits per heavy atom. The molecule has 12 nitrogen and oxygen atoms in total. The van der Waals surface area contributed by atoms with Crippen LogP contribution in [0.3, 0.4) is 0 Å². The second-order valence-corrected chi connectivity index (χ2v) is 6.92. The zero-order chi connectivity index (χ0) is 24.7. The van der Waals surface area contributed by atoms with Crippen LogP contribution in [-0.4, -0.2) is 75.5 Å². The lowest BCUT2D eigenvalue weighted by molar-refractivity contribution is -0.143. The Kier molecular flexibility index (Phi) is 14.0. The molecule has 1 aromatic rings. The number of nitrogens with one attached hydrogen (secondary N) is 2. The molecule has 10 N–H and O–H groups in total. The number of aliphatic carboxylic acids is 2. The number of phenols is 1. The SMILES string of the molecule is CC(=O)O.NCCCC[C@H](N)C(=O)N[C@@H](Cc1ccc(O)cc1)C(=O)N[C@@H](CO)C(=O)O. The molecule has 0 aliphatic rings. The van der Waals surface area contributed by atoms with Crippen molar-refractivity contribution in [3.8, 4) is 5.75 Å². The van der Waals surface area contributed by atoms with Crippen LogP contribution in [0.2, 0.25) is 0 Å². The molecule has 1 aromatic carbocycles. The van der Waals surface area contributed by atoms with E-state index in [9.17, 15) is 19.5 Å². The number of unbranched alkanes of at least 4 members (excludes halogenated alkanes) is 1. The molecule has 0 unspecified atom stereocenters. The molecule has 0 heterocycles. The van der Waals surface area contributed by atoms with Crippen molar-refractivity contribution in [2.75, 3.05) is 13.2 Å².